The van der Waals surface area contributed by atoms with Crippen LogP contribution in [0.5, 0.6) is 11.5 Å². The van der Waals surface area contributed by atoms with Gasteiger partial charge >= 0.3 is 0 Å². The highest BCUT2D eigenvalue weighted by atomic mass is 16.5. The van der Waals surface area contributed by atoms with Gasteiger partial charge in [-0.3, -0.25) is 0 Å². The summed E-state index contributed by atoms with van der Waals surface area (Å²) >= 11 is 0. The average Bonchev–Trinajstić information content (AvgIpc) is 2.93. The van der Waals surface area contributed by atoms with Gasteiger partial charge in [-0.15, -0.1) is 0 Å². The molecule has 0 unspecified atom stereocenters. The van der Waals surface area contributed by atoms with Gasteiger partial charge in [0.15, 0.2) is 17.1 Å². The average molecular weight is 335 g/mol. The van der Waals surface area contributed by atoms with Gasteiger partial charge in [-0.05, 0) is 26.8 Å². The van der Waals surface area contributed by atoms with Crippen LogP contribution in [0.4, 0.5) is 0 Å². The lowest BCUT2D eigenvalue weighted by molar-refractivity contribution is 0.288. The maximum absolute atomic E-state index is 5.73. The summed E-state index contributed by atoms with van der Waals surface area (Å²) in [5.74, 6) is 1.43. The smallest absolute Gasteiger partial charge is 0.163 e. The molecule has 0 atom stereocenters. The molecular formula is C20H21N3O2. The molecule has 0 aliphatic rings. The van der Waals surface area contributed by atoms with Crippen LogP contribution in [0.25, 0.3) is 33.1 Å². The fourth-order valence-electron chi connectivity index (χ4n) is 3.30. The number of hydrogen-bond acceptors (Lipinski definition) is 4. The number of hydrogen-bond donors (Lipinski definition) is 0. The first kappa shape index (κ1) is 15.7. The first-order valence-electron chi connectivity index (χ1n) is 8.75. The highest BCUT2D eigenvalue weighted by Gasteiger charge is 2.15. The van der Waals surface area contributed by atoms with Gasteiger partial charge in [-0.2, -0.15) is 0 Å². The first-order chi connectivity index (χ1) is 12.3. The number of rotatable bonds is 5. The Morgan fingerprint density at radius 3 is 2.16 bits per heavy atom. The van der Waals surface area contributed by atoms with Crippen molar-refractivity contribution in [2.24, 2.45) is 0 Å². The molecule has 25 heavy (non-hydrogen) atoms. The van der Waals surface area contributed by atoms with E-state index in [-0.39, 0.29) is 0 Å². The van der Waals surface area contributed by atoms with Crippen molar-refractivity contribution >= 4 is 33.1 Å². The van der Waals surface area contributed by atoms with E-state index >= 15 is 0 Å². The number of benzene rings is 2. The van der Waals surface area contributed by atoms with E-state index in [2.05, 4.69) is 23.6 Å². The van der Waals surface area contributed by atoms with Gasteiger partial charge in [-0.25, -0.2) is 9.97 Å². The van der Waals surface area contributed by atoms with Crippen molar-refractivity contribution in [1.29, 1.82) is 0 Å². The lowest BCUT2D eigenvalue weighted by Gasteiger charge is -2.11. The summed E-state index contributed by atoms with van der Waals surface area (Å²) in [5.41, 5.74) is 4.63. The van der Waals surface area contributed by atoms with Gasteiger partial charge < -0.3 is 14.0 Å². The van der Waals surface area contributed by atoms with Gasteiger partial charge in [0.2, 0.25) is 0 Å². The van der Waals surface area contributed by atoms with Crippen LogP contribution in [0.2, 0.25) is 0 Å². The van der Waals surface area contributed by atoms with Crippen LogP contribution in [0, 0.1) is 0 Å². The number of para-hydroxylation sites is 1. The summed E-state index contributed by atoms with van der Waals surface area (Å²) in [6, 6.07) is 12.2. The Hall–Kier alpha value is -2.82. The molecule has 4 rings (SSSR count). The molecule has 0 saturated heterocycles. The molecule has 128 valence electrons. The molecule has 0 bridgehead atoms. The number of aromatic nitrogens is 3. The largest absolute Gasteiger partial charge is 0.490 e. The lowest BCUT2D eigenvalue weighted by Crippen LogP contribution is -2.00. The number of aryl methyl sites for hydroxylation is 1. The minimum absolute atomic E-state index is 0.580. The summed E-state index contributed by atoms with van der Waals surface area (Å²) in [5, 5.41) is 1.13. The number of fused-ring (bicyclic) bond motifs is 4. The molecule has 5 heteroatoms. The molecule has 0 aliphatic heterocycles. The summed E-state index contributed by atoms with van der Waals surface area (Å²) in [6.45, 7) is 8.06. The van der Waals surface area contributed by atoms with Gasteiger partial charge in [0.05, 0.1) is 29.8 Å². The van der Waals surface area contributed by atoms with Crippen LogP contribution < -0.4 is 9.47 Å². The topological polar surface area (TPSA) is 49.2 Å². The van der Waals surface area contributed by atoms with E-state index in [4.69, 9.17) is 19.4 Å². The van der Waals surface area contributed by atoms with E-state index in [1.807, 2.05) is 38.1 Å². The van der Waals surface area contributed by atoms with Crippen molar-refractivity contribution in [3.63, 3.8) is 0 Å². The van der Waals surface area contributed by atoms with Gasteiger partial charge in [-0.1, -0.05) is 18.2 Å². The third kappa shape index (κ3) is 2.47. The fourth-order valence-corrected chi connectivity index (χ4v) is 3.30. The lowest BCUT2D eigenvalue weighted by atomic mass is 10.2. The van der Waals surface area contributed by atoms with Crippen molar-refractivity contribution in [2.45, 2.75) is 27.3 Å². The van der Waals surface area contributed by atoms with Crippen molar-refractivity contribution in [1.82, 2.24) is 14.5 Å². The highest BCUT2D eigenvalue weighted by molar-refractivity contribution is 6.06. The van der Waals surface area contributed by atoms with Gasteiger partial charge in [0.1, 0.15) is 5.52 Å². The van der Waals surface area contributed by atoms with E-state index in [9.17, 15) is 0 Å². The zero-order valence-electron chi connectivity index (χ0n) is 14.7. The summed E-state index contributed by atoms with van der Waals surface area (Å²) in [6.07, 6.45) is 0. The second-order valence-electron chi connectivity index (χ2n) is 5.81. The monoisotopic (exact) mass is 335 g/mol. The van der Waals surface area contributed by atoms with Gasteiger partial charge in [0, 0.05) is 24.1 Å². The van der Waals surface area contributed by atoms with Crippen LogP contribution in [-0.2, 0) is 6.54 Å². The maximum atomic E-state index is 5.73. The van der Waals surface area contributed by atoms with Crippen molar-refractivity contribution in [3.05, 3.63) is 36.4 Å². The van der Waals surface area contributed by atoms with E-state index in [0.29, 0.717) is 24.7 Å². The van der Waals surface area contributed by atoms with Crippen LogP contribution in [0.1, 0.15) is 20.8 Å². The molecule has 0 aliphatic carbocycles. The molecule has 0 saturated carbocycles. The van der Waals surface area contributed by atoms with Crippen LogP contribution in [0.3, 0.4) is 0 Å². The highest BCUT2D eigenvalue weighted by Crippen LogP contribution is 2.34. The first-order valence-corrected chi connectivity index (χ1v) is 8.75. The number of ether oxygens (including phenoxy) is 2. The molecule has 2 aromatic carbocycles. The molecule has 0 spiro atoms. The minimum atomic E-state index is 0.580. The standard InChI is InChI=1S/C20H21N3O2/c1-4-23-16-10-8-7-9-13(16)19-20(23)22-15-12-18(25-6-3)17(24-5-2)11-14(15)21-19/h7-12H,4-6H2,1-3H3. The zero-order chi connectivity index (χ0) is 17.4. The second kappa shape index (κ2) is 6.24. The Morgan fingerprint density at radius 2 is 1.52 bits per heavy atom. The Morgan fingerprint density at radius 1 is 0.880 bits per heavy atom. The predicted octanol–water partition coefficient (Wildman–Crippen LogP) is 4.56. The van der Waals surface area contributed by atoms with E-state index < -0.39 is 0 Å². The predicted molar refractivity (Wildman–Crippen MR) is 101 cm³/mol. The molecule has 2 aromatic heterocycles. The van der Waals surface area contributed by atoms with Gasteiger partial charge in [0.25, 0.3) is 0 Å². The van der Waals surface area contributed by atoms with E-state index in [1.54, 1.807) is 0 Å². The second-order valence-corrected chi connectivity index (χ2v) is 5.81. The van der Waals surface area contributed by atoms with E-state index in [0.717, 1.165) is 39.6 Å². The summed E-state index contributed by atoms with van der Waals surface area (Å²) in [4.78, 5) is 9.79. The Bertz CT molecular complexity index is 1070. The Labute approximate surface area is 146 Å². The minimum Gasteiger partial charge on any atom is -0.490 e. The van der Waals surface area contributed by atoms with Crippen LogP contribution >= 0.6 is 0 Å². The molecule has 0 fully saturated rings. The quantitative estimate of drug-likeness (QED) is 0.537. The molecular weight excluding hydrogens is 314 g/mol. The number of nitrogens with zero attached hydrogens (tertiary/aromatic N) is 3. The van der Waals surface area contributed by atoms with Crippen molar-refractivity contribution in [3.8, 4) is 11.5 Å². The SMILES string of the molecule is CCOc1cc2nc3c4ccccc4n(CC)c3nc2cc1OCC. The molecule has 2 heterocycles. The molecule has 4 aromatic rings. The molecule has 0 radical (unpaired) electrons. The zero-order valence-corrected chi connectivity index (χ0v) is 14.7. The summed E-state index contributed by atoms with van der Waals surface area (Å²) in [7, 11) is 0. The third-order valence-corrected chi connectivity index (χ3v) is 4.33. The Balaban J connectivity index is 2.06. The maximum Gasteiger partial charge on any atom is 0.163 e. The molecule has 0 N–H and O–H groups in total. The molecule has 0 amide bonds. The van der Waals surface area contributed by atoms with Crippen LogP contribution in [0.15, 0.2) is 36.4 Å². The third-order valence-electron chi connectivity index (χ3n) is 4.33. The van der Waals surface area contributed by atoms with Crippen LogP contribution in [-0.4, -0.2) is 27.7 Å². The summed E-state index contributed by atoms with van der Waals surface area (Å²) < 4.78 is 13.7. The Kier molecular flexibility index (Phi) is 3.92. The fraction of sp³-hybridized carbons (Fsp3) is 0.300. The van der Waals surface area contributed by atoms with Crippen molar-refractivity contribution < 1.29 is 9.47 Å². The normalized spacial score (nSPS) is 11.5. The van der Waals surface area contributed by atoms with E-state index in [1.165, 1.54) is 0 Å². The molecule has 5 nitrogen and oxygen atoms in total. The van der Waals surface area contributed by atoms with Crippen molar-refractivity contribution in [2.75, 3.05) is 13.2 Å².